The molecule has 0 fully saturated rings. The van der Waals surface area contributed by atoms with E-state index < -0.39 is 11.8 Å². The fourth-order valence-electron chi connectivity index (χ4n) is 3.03. The summed E-state index contributed by atoms with van der Waals surface area (Å²) in [5.41, 5.74) is 4.49. The minimum atomic E-state index is -0.553. The molecule has 0 spiro atoms. The van der Waals surface area contributed by atoms with Gasteiger partial charge in [0.05, 0.1) is 19.4 Å². The number of benzene rings is 3. The van der Waals surface area contributed by atoms with Gasteiger partial charge in [-0.3, -0.25) is 9.59 Å². The Morgan fingerprint density at radius 2 is 1.46 bits per heavy atom. The minimum absolute atomic E-state index is 0.0601. The number of hydrazone groups is 1. The van der Waals surface area contributed by atoms with Crippen LogP contribution in [0.5, 0.6) is 11.5 Å². The van der Waals surface area contributed by atoms with Gasteiger partial charge in [-0.2, -0.15) is 5.10 Å². The summed E-state index contributed by atoms with van der Waals surface area (Å²) in [6, 6.07) is 23.3. The van der Waals surface area contributed by atoms with Crippen LogP contribution in [0.3, 0.4) is 0 Å². The number of hydrogen-bond donors (Lipinski definition) is 2. The molecule has 7 heteroatoms. The maximum Gasteiger partial charge on any atom is 0.287 e. The summed E-state index contributed by atoms with van der Waals surface area (Å²) < 4.78 is 11.0. The predicted molar refractivity (Wildman–Crippen MR) is 137 cm³/mol. The second-order valence-corrected chi connectivity index (χ2v) is 7.50. The standard InChI is InChI=1S/C28H29N3O4/c1-3-18-35-25-14-10-21(11-15-25)19-26(30-27(32)23-8-6-5-7-9-23)28(33)31-29-20-22-12-16-24(17-13-22)34-4-2/h5-17,19-20H,3-4,18H2,1-2H3,(H,30,32)(H,31,33)/b26-19+,29-20?. The first-order chi connectivity index (χ1) is 17.1. The largest absolute Gasteiger partial charge is 0.494 e. The third-order valence-corrected chi connectivity index (χ3v) is 4.76. The first-order valence-corrected chi connectivity index (χ1v) is 11.5. The molecule has 0 radical (unpaired) electrons. The van der Waals surface area contributed by atoms with Crippen LogP contribution in [0.1, 0.15) is 41.8 Å². The summed E-state index contributed by atoms with van der Waals surface area (Å²) in [5, 5.41) is 6.72. The lowest BCUT2D eigenvalue weighted by atomic mass is 10.1. The van der Waals surface area contributed by atoms with Crippen molar-refractivity contribution in [2.75, 3.05) is 13.2 Å². The summed E-state index contributed by atoms with van der Waals surface area (Å²) in [5.74, 6) is 0.546. The molecule has 0 aromatic heterocycles. The van der Waals surface area contributed by atoms with Gasteiger partial charge in [0, 0.05) is 5.56 Å². The number of hydrogen-bond acceptors (Lipinski definition) is 5. The summed E-state index contributed by atoms with van der Waals surface area (Å²) in [7, 11) is 0. The number of carbonyl (C=O) groups excluding carboxylic acids is 2. The second kappa shape index (κ2) is 13.3. The van der Waals surface area contributed by atoms with Crippen molar-refractivity contribution in [3.05, 3.63) is 101 Å². The van der Waals surface area contributed by atoms with Gasteiger partial charge in [-0.15, -0.1) is 0 Å². The highest BCUT2D eigenvalue weighted by molar-refractivity contribution is 6.05. The fourth-order valence-corrected chi connectivity index (χ4v) is 3.03. The van der Waals surface area contributed by atoms with E-state index in [2.05, 4.69) is 15.8 Å². The Hall–Kier alpha value is -4.39. The van der Waals surface area contributed by atoms with Gasteiger partial charge >= 0.3 is 0 Å². The SMILES string of the molecule is CCCOc1ccc(/C=C(/NC(=O)c2ccccc2)C(=O)NN=Cc2ccc(OCC)cc2)cc1. The molecular formula is C28H29N3O4. The molecule has 2 N–H and O–H groups in total. The quantitative estimate of drug-likeness (QED) is 0.239. The van der Waals surface area contributed by atoms with Gasteiger partial charge in [-0.25, -0.2) is 5.43 Å². The molecule has 0 bridgehead atoms. The van der Waals surface area contributed by atoms with Crippen LogP contribution in [-0.4, -0.2) is 31.2 Å². The normalized spacial score (nSPS) is 11.2. The molecule has 0 aliphatic carbocycles. The van der Waals surface area contributed by atoms with Crippen molar-refractivity contribution in [2.45, 2.75) is 20.3 Å². The first kappa shape index (κ1) is 25.2. The topological polar surface area (TPSA) is 89.0 Å². The van der Waals surface area contributed by atoms with E-state index in [-0.39, 0.29) is 5.70 Å². The van der Waals surface area contributed by atoms with E-state index in [0.29, 0.717) is 18.8 Å². The molecule has 0 aliphatic heterocycles. The van der Waals surface area contributed by atoms with Crippen molar-refractivity contribution >= 4 is 24.1 Å². The van der Waals surface area contributed by atoms with Gasteiger partial charge in [0.15, 0.2) is 0 Å². The van der Waals surface area contributed by atoms with Crippen LogP contribution in [0.15, 0.2) is 89.7 Å². The Kier molecular flexibility index (Phi) is 9.63. The van der Waals surface area contributed by atoms with Crippen molar-refractivity contribution < 1.29 is 19.1 Å². The summed E-state index contributed by atoms with van der Waals surface area (Å²) in [6.07, 6.45) is 4.02. The number of rotatable bonds is 11. The zero-order valence-electron chi connectivity index (χ0n) is 19.9. The monoisotopic (exact) mass is 471 g/mol. The molecule has 0 heterocycles. The molecule has 0 unspecified atom stereocenters. The molecule has 0 aliphatic rings. The lowest BCUT2D eigenvalue weighted by Gasteiger charge is -2.10. The molecule has 3 rings (SSSR count). The van der Waals surface area contributed by atoms with Crippen LogP contribution in [0, 0.1) is 0 Å². The van der Waals surface area contributed by atoms with Crippen LogP contribution < -0.4 is 20.2 Å². The fraction of sp³-hybridized carbons (Fsp3) is 0.179. The van der Waals surface area contributed by atoms with Gasteiger partial charge in [0.1, 0.15) is 17.2 Å². The smallest absolute Gasteiger partial charge is 0.287 e. The Labute approximate surface area is 205 Å². The minimum Gasteiger partial charge on any atom is -0.494 e. The lowest BCUT2D eigenvalue weighted by molar-refractivity contribution is -0.117. The molecule has 35 heavy (non-hydrogen) atoms. The zero-order valence-corrected chi connectivity index (χ0v) is 19.9. The molecule has 0 atom stereocenters. The van der Waals surface area contributed by atoms with Crippen molar-refractivity contribution in [1.82, 2.24) is 10.7 Å². The average Bonchev–Trinajstić information content (AvgIpc) is 2.89. The summed E-state index contributed by atoms with van der Waals surface area (Å²) in [4.78, 5) is 25.6. The Morgan fingerprint density at radius 3 is 2.09 bits per heavy atom. The lowest BCUT2D eigenvalue weighted by Crippen LogP contribution is -2.32. The maximum atomic E-state index is 12.9. The number of nitrogens with zero attached hydrogens (tertiary/aromatic N) is 1. The molecule has 7 nitrogen and oxygen atoms in total. The van der Waals surface area contributed by atoms with Crippen molar-refractivity contribution in [3.63, 3.8) is 0 Å². The van der Waals surface area contributed by atoms with E-state index in [1.165, 1.54) is 6.21 Å². The van der Waals surface area contributed by atoms with Crippen molar-refractivity contribution in [1.29, 1.82) is 0 Å². The van der Waals surface area contributed by atoms with Gasteiger partial charge in [0.25, 0.3) is 11.8 Å². The van der Waals surface area contributed by atoms with Crippen molar-refractivity contribution in [3.8, 4) is 11.5 Å². The zero-order chi connectivity index (χ0) is 24.9. The van der Waals surface area contributed by atoms with Crippen LogP contribution in [-0.2, 0) is 4.79 Å². The molecular weight excluding hydrogens is 442 g/mol. The summed E-state index contributed by atoms with van der Waals surface area (Å²) >= 11 is 0. The predicted octanol–water partition coefficient (Wildman–Crippen LogP) is 4.80. The van der Waals surface area contributed by atoms with Crippen LogP contribution in [0.2, 0.25) is 0 Å². The van der Waals surface area contributed by atoms with Crippen LogP contribution >= 0.6 is 0 Å². The maximum absolute atomic E-state index is 12.9. The Morgan fingerprint density at radius 1 is 0.829 bits per heavy atom. The highest BCUT2D eigenvalue weighted by atomic mass is 16.5. The number of carbonyl (C=O) groups is 2. The number of amides is 2. The highest BCUT2D eigenvalue weighted by Crippen LogP contribution is 2.15. The molecule has 3 aromatic rings. The highest BCUT2D eigenvalue weighted by Gasteiger charge is 2.14. The van der Waals surface area contributed by atoms with E-state index in [1.54, 1.807) is 30.3 Å². The Bertz CT molecular complexity index is 1160. The van der Waals surface area contributed by atoms with E-state index in [1.807, 2.05) is 68.4 Å². The average molecular weight is 472 g/mol. The molecule has 0 saturated carbocycles. The van der Waals surface area contributed by atoms with Gasteiger partial charge in [0.2, 0.25) is 0 Å². The van der Waals surface area contributed by atoms with Gasteiger partial charge in [-0.1, -0.05) is 37.3 Å². The Balaban J connectivity index is 1.75. The summed E-state index contributed by atoms with van der Waals surface area (Å²) in [6.45, 7) is 5.17. The van der Waals surface area contributed by atoms with E-state index in [9.17, 15) is 9.59 Å². The van der Waals surface area contributed by atoms with Gasteiger partial charge < -0.3 is 14.8 Å². The van der Waals surface area contributed by atoms with E-state index >= 15 is 0 Å². The third kappa shape index (κ3) is 8.16. The number of nitrogens with one attached hydrogen (secondary N) is 2. The van der Waals surface area contributed by atoms with Crippen LogP contribution in [0.4, 0.5) is 0 Å². The first-order valence-electron chi connectivity index (χ1n) is 11.5. The van der Waals surface area contributed by atoms with E-state index in [0.717, 1.165) is 29.0 Å². The molecule has 3 aromatic carbocycles. The number of ether oxygens (including phenoxy) is 2. The van der Waals surface area contributed by atoms with Crippen molar-refractivity contribution in [2.24, 2.45) is 5.10 Å². The van der Waals surface area contributed by atoms with Gasteiger partial charge in [-0.05, 0) is 79.1 Å². The van der Waals surface area contributed by atoms with Crippen LogP contribution in [0.25, 0.3) is 6.08 Å². The third-order valence-electron chi connectivity index (χ3n) is 4.76. The molecule has 2 amide bonds. The molecule has 0 saturated heterocycles. The van der Waals surface area contributed by atoms with E-state index in [4.69, 9.17) is 9.47 Å². The molecule has 180 valence electrons. The second-order valence-electron chi connectivity index (χ2n) is 7.50.